The summed E-state index contributed by atoms with van der Waals surface area (Å²) >= 11 is 5.90. The fraction of sp³-hybridized carbons (Fsp3) is 0.0455. The van der Waals surface area contributed by atoms with Crippen LogP contribution in [0.4, 0.5) is 10.2 Å². The monoisotopic (exact) mass is 408 g/mol. The molecule has 29 heavy (non-hydrogen) atoms. The average molecular weight is 409 g/mol. The van der Waals surface area contributed by atoms with Gasteiger partial charge >= 0.3 is 5.91 Å². The largest absolute Gasteiger partial charge is 0.507 e. The van der Waals surface area contributed by atoms with Crippen molar-refractivity contribution in [2.45, 2.75) is 6.04 Å². The van der Waals surface area contributed by atoms with E-state index in [1.54, 1.807) is 42.5 Å². The highest BCUT2D eigenvalue weighted by Gasteiger charge is 2.47. The van der Waals surface area contributed by atoms with Gasteiger partial charge in [-0.05, 0) is 54.1 Å². The van der Waals surface area contributed by atoms with Crippen molar-refractivity contribution in [1.82, 2.24) is 4.98 Å². The second-order valence-electron chi connectivity index (χ2n) is 6.42. The summed E-state index contributed by atoms with van der Waals surface area (Å²) in [5.41, 5.74) is 0.696. The molecule has 1 aromatic heterocycles. The molecule has 2 aromatic carbocycles. The number of carbonyl (C=O) groups is 2. The van der Waals surface area contributed by atoms with E-state index in [1.165, 1.54) is 35.4 Å². The number of aromatic nitrogens is 1. The van der Waals surface area contributed by atoms with Crippen LogP contribution >= 0.6 is 11.6 Å². The topological polar surface area (TPSA) is 70.5 Å². The van der Waals surface area contributed by atoms with Crippen LogP contribution in [-0.2, 0) is 9.59 Å². The molecule has 2 heterocycles. The van der Waals surface area contributed by atoms with Crippen LogP contribution in [-0.4, -0.2) is 21.8 Å². The Morgan fingerprint density at radius 2 is 1.69 bits per heavy atom. The number of hydrogen-bond donors (Lipinski definition) is 1. The fourth-order valence-electron chi connectivity index (χ4n) is 3.29. The first-order valence-corrected chi connectivity index (χ1v) is 9.08. The number of ketones is 1. The summed E-state index contributed by atoms with van der Waals surface area (Å²) in [4.78, 5) is 31.1. The van der Waals surface area contributed by atoms with Crippen LogP contribution in [0, 0.1) is 5.82 Å². The fourth-order valence-corrected chi connectivity index (χ4v) is 3.41. The van der Waals surface area contributed by atoms with Crippen molar-refractivity contribution in [3.05, 3.63) is 100 Å². The van der Waals surface area contributed by atoms with Gasteiger partial charge in [0.25, 0.3) is 5.78 Å². The Labute approximate surface area is 170 Å². The minimum atomic E-state index is -0.957. The van der Waals surface area contributed by atoms with Gasteiger partial charge in [-0.15, -0.1) is 0 Å². The smallest absolute Gasteiger partial charge is 0.301 e. The minimum absolute atomic E-state index is 0.102. The zero-order valence-corrected chi connectivity index (χ0v) is 15.7. The molecule has 3 aromatic rings. The van der Waals surface area contributed by atoms with Gasteiger partial charge in [-0.25, -0.2) is 9.37 Å². The van der Waals surface area contributed by atoms with Crippen molar-refractivity contribution >= 4 is 34.9 Å². The third-order valence-electron chi connectivity index (χ3n) is 4.64. The number of amides is 1. The van der Waals surface area contributed by atoms with E-state index in [4.69, 9.17) is 11.6 Å². The minimum Gasteiger partial charge on any atom is -0.507 e. The molecule has 0 radical (unpaired) electrons. The molecule has 1 aliphatic rings. The molecule has 1 aliphatic heterocycles. The van der Waals surface area contributed by atoms with Gasteiger partial charge in [0.1, 0.15) is 17.4 Å². The number of Topliss-reactive ketones (excluding diaryl/α,β-unsaturated/α-hetero) is 1. The summed E-state index contributed by atoms with van der Waals surface area (Å²) in [6.45, 7) is 0. The number of benzene rings is 2. The van der Waals surface area contributed by atoms with Crippen molar-refractivity contribution in [2.24, 2.45) is 0 Å². The molecule has 0 bridgehead atoms. The number of aliphatic hydroxyl groups is 1. The van der Waals surface area contributed by atoms with Gasteiger partial charge in [-0.2, -0.15) is 0 Å². The van der Waals surface area contributed by atoms with Gasteiger partial charge in [0.2, 0.25) is 0 Å². The van der Waals surface area contributed by atoms with Crippen molar-refractivity contribution in [2.75, 3.05) is 4.90 Å². The number of anilines is 1. The highest BCUT2D eigenvalue weighted by molar-refractivity contribution is 6.51. The molecule has 1 amide bonds. The zero-order valence-electron chi connectivity index (χ0n) is 14.9. The van der Waals surface area contributed by atoms with Gasteiger partial charge in [0.05, 0.1) is 11.6 Å². The van der Waals surface area contributed by atoms with Gasteiger partial charge in [0, 0.05) is 16.8 Å². The van der Waals surface area contributed by atoms with E-state index >= 15 is 0 Å². The van der Waals surface area contributed by atoms with Crippen LogP contribution in [0.15, 0.2) is 78.5 Å². The first kappa shape index (κ1) is 18.8. The standard InChI is InChI=1S/C22H14ClFN2O3/c23-15-8-4-14(5-9-15)20(27)18-19(13-6-10-16(24)11-7-13)26(22(29)21(18)28)17-3-1-2-12-25-17/h1-12,19,27H/b20-18+. The molecule has 1 atom stereocenters. The first-order chi connectivity index (χ1) is 14.0. The van der Waals surface area contributed by atoms with Crippen LogP contribution in [0.5, 0.6) is 0 Å². The molecule has 0 spiro atoms. The molecule has 1 N–H and O–H groups in total. The third-order valence-corrected chi connectivity index (χ3v) is 4.90. The predicted molar refractivity (Wildman–Crippen MR) is 107 cm³/mol. The SMILES string of the molecule is O=C1C(=O)N(c2ccccn2)C(c2ccc(F)cc2)/C1=C(\O)c1ccc(Cl)cc1. The van der Waals surface area contributed by atoms with Crippen LogP contribution in [0.25, 0.3) is 5.76 Å². The lowest BCUT2D eigenvalue weighted by molar-refractivity contribution is -0.132. The number of aliphatic hydroxyl groups excluding tert-OH is 1. The van der Waals surface area contributed by atoms with E-state index in [2.05, 4.69) is 4.98 Å². The van der Waals surface area contributed by atoms with Crippen LogP contribution < -0.4 is 4.90 Å². The Hall–Kier alpha value is -3.51. The van der Waals surface area contributed by atoms with Crippen molar-refractivity contribution in [3.8, 4) is 0 Å². The molecule has 1 unspecified atom stereocenters. The average Bonchev–Trinajstić information content (AvgIpc) is 3.00. The van der Waals surface area contributed by atoms with E-state index in [-0.39, 0.29) is 17.2 Å². The lowest BCUT2D eigenvalue weighted by Gasteiger charge is -2.24. The number of nitrogens with zero attached hydrogens (tertiary/aromatic N) is 2. The van der Waals surface area contributed by atoms with Crippen LogP contribution in [0.2, 0.25) is 5.02 Å². The second-order valence-corrected chi connectivity index (χ2v) is 6.85. The number of pyridine rings is 1. The van der Waals surface area contributed by atoms with Crippen molar-refractivity contribution in [1.29, 1.82) is 0 Å². The number of halogens is 2. The lowest BCUT2D eigenvalue weighted by Crippen LogP contribution is -2.30. The van der Waals surface area contributed by atoms with Crippen LogP contribution in [0.3, 0.4) is 0 Å². The highest BCUT2D eigenvalue weighted by Crippen LogP contribution is 2.41. The van der Waals surface area contributed by atoms with Crippen molar-refractivity contribution in [3.63, 3.8) is 0 Å². The summed E-state index contributed by atoms with van der Waals surface area (Å²) in [6.07, 6.45) is 1.50. The van der Waals surface area contributed by atoms with Gasteiger partial charge < -0.3 is 5.11 Å². The lowest BCUT2D eigenvalue weighted by atomic mass is 9.95. The van der Waals surface area contributed by atoms with E-state index in [0.717, 1.165) is 0 Å². The normalized spacial score (nSPS) is 18.3. The molecular weight excluding hydrogens is 395 g/mol. The van der Waals surface area contributed by atoms with E-state index < -0.39 is 23.5 Å². The van der Waals surface area contributed by atoms with Crippen LogP contribution in [0.1, 0.15) is 17.2 Å². The van der Waals surface area contributed by atoms with Crippen molar-refractivity contribution < 1.29 is 19.1 Å². The molecule has 1 fully saturated rings. The summed E-state index contributed by atoms with van der Waals surface area (Å²) in [5, 5.41) is 11.4. The second kappa shape index (κ2) is 7.48. The molecule has 0 saturated carbocycles. The third kappa shape index (κ3) is 3.39. The summed E-state index contributed by atoms with van der Waals surface area (Å²) < 4.78 is 13.5. The number of rotatable bonds is 3. The maximum atomic E-state index is 13.5. The van der Waals surface area contributed by atoms with E-state index in [0.29, 0.717) is 16.1 Å². The number of carbonyl (C=O) groups excluding carboxylic acids is 2. The molecule has 0 aliphatic carbocycles. The Balaban J connectivity index is 1.94. The maximum absolute atomic E-state index is 13.5. The Bertz CT molecular complexity index is 1110. The quantitative estimate of drug-likeness (QED) is 0.393. The van der Waals surface area contributed by atoms with Gasteiger partial charge in [-0.3, -0.25) is 14.5 Å². The first-order valence-electron chi connectivity index (χ1n) is 8.71. The maximum Gasteiger partial charge on any atom is 0.301 e. The molecule has 1 saturated heterocycles. The molecular formula is C22H14ClFN2O3. The summed E-state index contributed by atoms with van der Waals surface area (Å²) in [7, 11) is 0. The van der Waals surface area contributed by atoms with Gasteiger partial charge in [-0.1, -0.05) is 29.8 Å². The molecule has 7 heteroatoms. The Kier molecular flexibility index (Phi) is 4.86. The summed E-state index contributed by atoms with van der Waals surface area (Å²) in [5.74, 6) is -2.22. The number of hydrogen-bond acceptors (Lipinski definition) is 4. The Morgan fingerprint density at radius 1 is 1.00 bits per heavy atom. The predicted octanol–water partition coefficient (Wildman–Crippen LogP) is 4.50. The Morgan fingerprint density at radius 3 is 2.31 bits per heavy atom. The molecule has 4 rings (SSSR count). The van der Waals surface area contributed by atoms with E-state index in [9.17, 15) is 19.1 Å². The summed E-state index contributed by atoms with van der Waals surface area (Å²) in [6, 6.07) is 15.6. The molecule has 144 valence electrons. The van der Waals surface area contributed by atoms with E-state index in [1.807, 2.05) is 0 Å². The zero-order chi connectivity index (χ0) is 20.5. The molecule has 5 nitrogen and oxygen atoms in total. The highest BCUT2D eigenvalue weighted by atomic mass is 35.5. The van der Waals surface area contributed by atoms with Gasteiger partial charge in [0.15, 0.2) is 0 Å².